The molecular formula is C24H34N2O6S. The summed E-state index contributed by atoms with van der Waals surface area (Å²) in [5.74, 6) is 1.12. The molecule has 182 valence electrons. The lowest BCUT2D eigenvalue weighted by atomic mass is 10.1. The third kappa shape index (κ3) is 6.61. The van der Waals surface area contributed by atoms with Gasteiger partial charge in [0.15, 0.2) is 11.5 Å². The SMILES string of the molecule is COc1cc(C(=O)Nc2ccc(S(=O)(=O)N(CC(C)C)CC(C)C)cc2)cc(OC)c1OC. The molecule has 0 spiro atoms. The average Bonchev–Trinajstić information content (AvgIpc) is 2.77. The Labute approximate surface area is 196 Å². The third-order valence-electron chi connectivity index (χ3n) is 4.81. The van der Waals surface area contributed by atoms with E-state index in [0.717, 1.165) is 0 Å². The number of carbonyl (C=O) groups excluding carboxylic acids is 1. The van der Waals surface area contributed by atoms with Gasteiger partial charge in [-0.3, -0.25) is 4.79 Å². The average molecular weight is 479 g/mol. The van der Waals surface area contributed by atoms with Gasteiger partial charge in [-0.25, -0.2) is 8.42 Å². The Balaban J connectivity index is 2.26. The van der Waals surface area contributed by atoms with E-state index in [1.165, 1.54) is 37.8 Å². The highest BCUT2D eigenvalue weighted by molar-refractivity contribution is 7.89. The number of anilines is 1. The molecule has 0 unspecified atom stereocenters. The fraction of sp³-hybridized carbons (Fsp3) is 0.458. The number of nitrogens with zero attached hydrogens (tertiary/aromatic N) is 1. The normalized spacial score (nSPS) is 11.7. The van der Waals surface area contributed by atoms with Crippen LogP contribution in [0.1, 0.15) is 38.1 Å². The Morgan fingerprint density at radius 2 is 1.36 bits per heavy atom. The van der Waals surface area contributed by atoms with Crippen LogP contribution in [0.2, 0.25) is 0 Å². The van der Waals surface area contributed by atoms with Crippen LogP contribution < -0.4 is 19.5 Å². The van der Waals surface area contributed by atoms with Gasteiger partial charge in [-0.1, -0.05) is 27.7 Å². The number of amides is 1. The van der Waals surface area contributed by atoms with Crippen LogP contribution >= 0.6 is 0 Å². The molecule has 1 N–H and O–H groups in total. The smallest absolute Gasteiger partial charge is 0.255 e. The first kappa shape index (κ1) is 26.5. The van der Waals surface area contributed by atoms with E-state index >= 15 is 0 Å². The zero-order valence-corrected chi connectivity index (χ0v) is 21.2. The molecule has 9 heteroatoms. The van der Waals surface area contributed by atoms with Crippen molar-refractivity contribution >= 4 is 21.6 Å². The molecule has 2 aromatic rings. The molecule has 2 aromatic carbocycles. The highest BCUT2D eigenvalue weighted by atomic mass is 32.2. The van der Waals surface area contributed by atoms with E-state index in [9.17, 15) is 13.2 Å². The lowest BCUT2D eigenvalue weighted by Crippen LogP contribution is -2.37. The van der Waals surface area contributed by atoms with E-state index in [4.69, 9.17) is 14.2 Å². The van der Waals surface area contributed by atoms with Gasteiger partial charge in [0.05, 0.1) is 26.2 Å². The summed E-state index contributed by atoms with van der Waals surface area (Å²) in [6, 6.07) is 9.26. The number of carbonyl (C=O) groups is 1. The number of hydrogen-bond acceptors (Lipinski definition) is 6. The second-order valence-corrected chi connectivity index (χ2v) is 10.4. The van der Waals surface area contributed by atoms with Crippen molar-refractivity contribution in [2.75, 3.05) is 39.7 Å². The van der Waals surface area contributed by atoms with E-state index < -0.39 is 15.9 Å². The van der Waals surface area contributed by atoms with E-state index in [1.54, 1.807) is 24.3 Å². The standard InChI is InChI=1S/C24H34N2O6S/c1-16(2)14-26(15-17(3)4)33(28,29)20-10-8-19(9-11-20)25-24(27)18-12-21(30-5)23(32-7)22(13-18)31-6/h8-13,16-17H,14-15H2,1-7H3,(H,25,27). The van der Waals surface area contributed by atoms with Crippen molar-refractivity contribution in [3.05, 3.63) is 42.0 Å². The molecule has 0 heterocycles. The summed E-state index contributed by atoms with van der Waals surface area (Å²) in [5.41, 5.74) is 0.771. The summed E-state index contributed by atoms with van der Waals surface area (Å²) in [4.78, 5) is 13.0. The summed E-state index contributed by atoms with van der Waals surface area (Å²) in [5, 5.41) is 2.77. The topological polar surface area (TPSA) is 94.2 Å². The van der Waals surface area contributed by atoms with Crippen molar-refractivity contribution in [2.45, 2.75) is 32.6 Å². The molecule has 33 heavy (non-hydrogen) atoms. The number of ether oxygens (including phenoxy) is 3. The summed E-state index contributed by atoms with van der Waals surface area (Å²) in [7, 11) is 0.789. The van der Waals surface area contributed by atoms with E-state index in [-0.39, 0.29) is 16.7 Å². The molecule has 2 rings (SSSR count). The molecule has 0 radical (unpaired) electrons. The molecule has 8 nitrogen and oxygen atoms in total. The Morgan fingerprint density at radius 3 is 1.76 bits per heavy atom. The maximum atomic E-state index is 13.2. The predicted molar refractivity (Wildman–Crippen MR) is 129 cm³/mol. The number of hydrogen-bond donors (Lipinski definition) is 1. The van der Waals surface area contributed by atoms with Crippen molar-refractivity contribution in [3.8, 4) is 17.2 Å². The number of benzene rings is 2. The van der Waals surface area contributed by atoms with Crippen LogP contribution in [-0.4, -0.2) is 53.0 Å². The van der Waals surface area contributed by atoms with Crippen molar-refractivity contribution in [2.24, 2.45) is 11.8 Å². The zero-order chi connectivity index (χ0) is 24.8. The van der Waals surface area contributed by atoms with Gasteiger partial charge in [0.1, 0.15) is 0 Å². The first-order valence-corrected chi connectivity index (χ1v) is 12.2. The minimum atomic E-state index is -3.64. The van der Waals surface area contributed by atoms with Crippen LogP contribution in [0, 0.1) is 11.8 Å². The minimum Gasteiger partial charge on any atom is -0.493 e. The van der Waals surface area contributed by atoms with E-state index in [0.29, 0.717) is 41.6 Å². The number of sulfonamides is 1. The first-order valence-electron chi connectivity index (χ1n) is 10.7. The highest BCUT2D eigenvalue weighted by Gasteiger charge is 2.26. The zero-order valence-electron chi connectivity index (χ0n) is 20.3. The van der Waals surface area contributed by atoms with Crippen molar-refractivity contribution in [1.29, 1.82) is 0 Å². The van der Waals surface area contributed by atoms with Crippen LogP contribution in [-0.2, 0) is 10.0 Å². The predicted octanol–water partition coefficient (Wildman–Crippen LogP) is 4.27. The van der Waals surface area contributed by atoms with E-state index in [1.807, 2.05) is 27.7 Å². The van der Waals surface area contributed by atoms with Crippen molar-refractivity contribution in [3.63, 3.8) is 0 Å². The number of nitrogens with one attached hydrogen (secondary N) is 1. The van der Waals surface area contributed by atoms with Crippen LogP contribution in [0.15, 0.2) is 41.3 Å². The minimum absolute atomic E-state index is 0.189. The third-order valence-corrected chi connectivity index (χ3v) is 6.66. The molecular weight excluding hydrogens is 444 g/mol. The van der Waals surface area contributed by atoms with Crippen LogP contribution in [0.4, 0.5) is 5.69 Å². The summed E-state index contributed by atoms with van der Waals surface area (Å²) >= 11 is 0. The molecule has 0 atom stereocenters. The lowest BCUT2D eigenvalue weighted by molar-refractivity contribution is 0.102. The molecule has 0 aliphatic carbocycles. The Hall–Kier alpha value is -2.78. The van der Waals surface area contributed by atoms with Gasteiger partial charge in [-0.05, 0) is 48.2 Å². The molecule has 0 aliphatic heterocycles. The van der Waals surface area contributed by atoms with Gasteiger partial charge in [0.25, 0.3) is 5.91 Å². The maximum Gasteiger partial charge on any atom is 0.255 e. The fourth-order valence-corrected chi connectivity index (χ4v) is 5.13. The van der Waals surface area contributed by atoms with Gasteiger partial charge in [-0.2, -0.15) is 4.31 Å². The van der Waals surface area contributed by atoms with Crippen LogP contribution in [0.25, 0.3) is 0 Å². The van der Waals surface area contributed by atoms with E-state index in [2.05, 4.69) is 5.32 Å². The summed E-state index contributed by atoms with van der Waals surface area (Å²) < 4.78 is 43.7. The second kappa shape index (κ2) is 11.4. The van der Waals surface area contributed by atoms with Gasteiger partial charge < -0.3 is 19.5 Å². The monoisotopic (exact) mass is 478 g/mol. The summed E-state index contributed by atoms with van der Waals surface area (Å²) in [6.07, 6.45) is 0. The molecule has 0 bridgehead atoms. The molecule has 0 aliphatic rings. The lowest BCUT2D eigenvalue weighted by Gasteiger charge is -2.25. The first-order chi connectivity index (χ1) is 15.5. The summed E-state index contributed by atoms with van der Waals surface area (Å²) in [6.45, 7) is 8.85. The fourth-order valence-electron chi connectivity index (χ4n) is 3.36. The second-order valence-electron chi connectivity index (χ2n) is 8.50. The molecule has 0 saturated heterocycles. The van der Waals surface area contributed by atoms with Gasteiger partial charge >= 0.3 is 0 Å². The largest absolute Gasteiger partial charge is 0.493 e. The van der Waals surface area contributed by atoms with Gasteiger partial charge in [0.2, 0.25) is 15.8 Å². The van der Waals surface area contributed by atoms with Crippen LogP contribution in [0.3, 0.4) is 0 Å². The van der Waals surface area contributed by atoms with Crippen molar-refractivity contribution in [1.82, 2.24) is 4.31 Å². The van der Waals surface area contributed by atoms with Crippen LogP contribution in [0.5, 0.6) is 17.2 Å². The Bertz CT molecular complexity index is 1010. The molecule has 0 fully saturated rings. The number of methoxy groups -OCH3 is 3. The van der Waals surface area contributed by atoms with Gasteiger partial charge in [0, 0.05) is 24.3 Å². The molecule has 1 amide bonds. The molecule has 0 aromatic heterocycles. The highest BCUT2D eigenvalue weighted by Crippen LogP contribution is 2.38. The maximum absolute atomic E-state index is 13.2. The van der Waals surface area contributed by atoms with Crippen molar-refractivity contribution < 1.29 is 27.4 Å². The molecule has 0 saturated carbocycles. The Morgan fingerprint density at radius 1 is 0.879 bits per heavy atom. The quantitative estimate of drug-likeness (QED) is 0.518. The Kier molecular flexibility index (Phi) is 9.13. The van der Waals surface area contributed by atoms with Gasteiger partial charge in [-0.15, -0.1) is 0 Å². The number of rotatable bonds is 11.